The van der Waals surface area contributed by atoms with E-state index >= 15 is 0 Å². The van der Waals surface area contributed by atoms with Crippen molar-refractivity contribution in [1.29, 1.82) is 0 Å². The summed E-state index contributed by atoms with van der Waals surface area (Å²) in [6.45, 7) is 2.40. The predicted molar refractivity (Wildman–Crippen MR) is 61.2 cm³/mol. The minimum Gasteiger partial charge on any atom is -0.468 e. The summed E-state index contributed by atoms with van der Waals surface area (Å²) in [7, 11) is 1.62. The van der Waals surface area contributed by atoms with E-state index in [1.165, 1.54) is 11.1 Å². The van der Waals surface area contributed by atoms with Crippen molar-refractivity contribution in [3.63, 3.8) is 0 Å². The molecule has 0 atom stereocenters. The minimum absolute atomic E-state index is 0.303. The Bertz CT molecular complexity index is 287. The maximum absolute atomic E-state index is 5.34. The quantitative estimate of drug-likeness (QED) is 0.598. The summed E-state index contributed by atoms with van der Waals surface area (Å²) in [6, 6.07) is 6.11. The second-order valence-electron chi connectivity index (χ2n) is 3.08. The van der Waals surface area contributed by atoms with E-state index in [1.54, 1.807) is 7.11 Å². The van der Waals surface area contributed by atoms with Crippen LogP contribution < -0.4 is 4.74 Å². The summed E-state index contributed by atoms with van der Waals surface area (Å²) in [5.74, 6) is 0.864. The first-order valence-corrected chi connectivity index (χ1v) is 5.67. The maximum atomic E-state index is 5.34. The van der Waals surface area contributed by atoms with Gasteiger partial charge in [-0.2, -0.15) is 0 Å². The van der Waals surface area contributed by atoms with Gasteiger partial charge in [0.05, 0.1) is 0 Å². The topological polar surface area (TPSA) is 18.5 Å². The minimum atomic E-state index is 0.303. The van der Waals surface area contributed by atoms with Gasteiger partial charge in [0.25, 0.3) is 0 Å². The Balaban J connectivity index is 2.68. The Hall–Kier alpha value is -0.540. The first-order chi connectivity index (χ1) is 6.77. The second-order valence-corrected chi connectivity index (χ2v) is 3.87. The van der Waals surface area contributed by atoms with Crippen LogP contribution in [0.15, 0.2) is 18.2 Å². The Morgan fingerprint density at radius 1 is 1.36 bits per heavy atom. The van der Waals surface area contributed by atoms with Gasteiger partial charge in [0.15, 0.2) is 6.79 Å². The normalized spacial score (nSPS) is 10.2. The highest BCUT2D eigenvalue weighted by Crippen LogP contribution is 2.18. The van der Waals surface area contributed by atoms with E-state index in [0.717, 1.165) is 17.5 Å². The van der Waals surface area contributed by atoms with Gasteiger partial charge in [0, 0.05) is 12.4 Å². The molecule has 14 heavy (non-hydrogen) atoms. The first kappa shape index (κ1) is 11.5. The number of hydrogen-bond donors (Lipinski definition) is 0. The van der Waals surface area contributed by atoms with Gasteiger partial charge < -0.3 is 9.47 Å². The number of aryl methyl sites for hydroxylation is 2. The monoisotopic (exact) mass is 258 g/mol. The molecule has 0 aliphatic carbocycles. The van der Waals surface area contributed by atoms with Crippen LogP contribution in [0.5, 0.6) is 5.75 Å². The molecular formula is C11H15BrO2. The number of ether oxygens (including phenoxy) is 2. The van der Waals surface area contributed by atoms with Crippen LogP contribution >= 0.6 is 15.9 Å². The van der Waals surface area contributed by atoms with Crippen molar-refractivity contribution in [2.75, 3.05) is 19.2 Å². The van der Waals surface area contributed by atoms with Crippen molar-refractivity contribution in [3.8, 4) is 5.75 Å². The molecule has 0 radical (unpaired) electrons. The lowest BCUT2D eigenvalue weighted by Gasteiger charge is -2.08. The molecular weight excluding hydrogens is 244 g/mol. The predicted octanol–water partition coefficient (Wildman–Crippen LogP) is 2.92. The highest BCUT2D eigenvalue weighted by molar-refractivity contribution is 9.09. The lowest BCUT2D eigenvalue weighted by molar-refractivity contribution is 0.0511. The molecule has 0 amide bonds. The molecule has 78 valence electrons. The molecule has 0 saturated heterocycles. The molecule has 1 aromatic rings. The van der Waals surface area contributed by atoms with Crippen LogP contribution in [-0.2, 0) is 11.2 Å². The van der Waals surface area contributed by atoms with Crippen molar-refractivity contribution >= 4 is 15.9 Å². The van der Waals surface area contributed by atoms with E-state index in [4.69, 9.17) is 9.47 Å². The van der Waals surface area contributed by atoms with Crippen molar-refractivity contribution < 1.29 is 9.47 Å². The number of benzene rings is 1. The molecule has 0 bridgehead atoms. The summed E-state index contributed by atoms with van der Waals surface area (Å²) in [4.78, 5) is 0. The zero-order valence-electron chi connectivity index (χ0n) is 8.55. The number of hydrogen-bond acceptors (Lipinski definition) is 2. The first-order valence-electron chi connectivity index (χ1n) is 4.55. The molecule has 0 N–H and O–H groups in total. The van der Waals surface area contributed by atoms with Gasteiger partial charge in [-0.3, -0.25) is 0 Å². The van der Waals surface area contributed by atoms with Gasteiger partial charge in [-0.25, -0.2) is 0 Å². The molecule has 0 aliphatic heterocycles. The maximum Gasteiger partial charge on any atom is 0.188 e. The van der Waals surface area contributed by atoms with E-state index in [1.807, 2.05) is 12.1 Å². The van der Waals surface area contributed by atoms with E-state index in [-0.39, 0.29) is 0 Å². The highest BCUT2D eigenvalue weighted by Gasteiger charge is 1.99. The molecule has 0 heterocycles. The standard InChI is InChI=1S/C11H15BrO2/c1-9-7-11(14-8-13-2)4-3-10(9)5-6-12/h3-4,7H,5-6,8H2,1-2H3. The summed E-state index contributed by atoms with van der Waals surface area (Å²) in [5, 5.41) is 0.992. The van der Waals surface area contributed by atoms with Crippen LogP contribution in [0.3, 0.4) is 0 Å². The molecule has 2 nitrogen and oxygen atoms in total. The average Bonchev–Trinajstić information content (AvgIpc) is 2.19. The van der Waals surface area contributed by atoms with Gasteiger partial charge >= 0.3 is 0 Å². The molecule has 0 aromatic heterocycles. The molecule has 3 heteroatoms. The third kappa shape index (κ3) is 3.31. The van der Waals surface area contributed by atoms with E-state index < -0.39 is 0 Å². The summed E-state index contributed by atoms with van der Waals surface area (Å²) in [5.41, 5.74) is 2.62. The van der Waals surface area contributed by atoms with Crippen LogP contribution in [-0.4, -0.2) is 19.2 Å². The fourth-order valence-corrected chi connectivity index (χ4v) is 1.69. The zero-order valence-corrected chi connectivity index (χ0v) is 10.1. The summed E-state index contributed by atoms with van der Waals surface area (Å²) >= 11 is 3.43. The molecule has 1 rings (SSSR count). The van der Waals surface area contributed by atoms with Crippen LogP contribution in [0.2, 0.25) is 0 Å². The molecule has 1 aromatic carbocycles. The smallest absolute Gasteiger partial charge is 0.188 e. The number of methoxy groups -OCH3 is 1. The average molecular weight is 259 g/mol. The lowest BCUT2D eigenvalue weighted by Crippen LogP contribution is -1.99. The Labute approximate surface area is 93.4 Å². The molecule has 0 unspecified atom stereocenters. The van der Waals surface area contributed by atoms with Crippen LogP contribution in [0.4, 0.5) is 0 Å². The van der Waals surface area contributed by atoms with Crippen molar-refractivity contribution in [2.24, 2.45) is 0 Å². The number of rotatable bonds is 5. The van der Waals surface area contributed by atoms with Crippen LogP contribution in [0.1, 0.15) is 11.1 Å². The molecule has 0 fully saturated rings. The Morgan fingerprint density at radius 2 is 2.14 bits per heavy atom. The SMILES string of the molecule is COCOc1ccc(CCBr)c(C)c1. The highest BCUT2D eigenvalue weighted by atomic mass is 79.9. The van der Waals surface area contributed by atoms with E-state index in [2.05, 4.69) is 28.9 Å². The van der Waals surface area contributed by atoms with E-state index in [0.29, 0.717) is 6.79 Å². The largest absolute Gasteiger partial charge is 0.468 e. The molecule has 0 spiro atoms. The van der Waals surface area contributed by atoms with Gasteiger partial charge in [0.2, 0.25) is 0 Å². The number of alkyl halides is 1. The van der Waals surface area contributed by atoms with Gasteiger partial charge in [-0.15, -0.1) is 0 Å². The summed E-state index contributed by atoms with van der Waals surface area (Å²) < 4.78 is 10.2. The fraction of sp³-hybridized carbons (Fsp3) is 0.455. The van der Waals surface area contributed by atoms with Crippen molar-refractivity contribution in [2.45, 2.75) is 13.3 Å². The number of halogens is 1. The third-order valence-electron chi connectivity index (χ3n) is 2.02. The lowest BCUT2D eigenvalue weighted by atomic mass is 10.1. The molecule has 0 saturated carbocycles. The third-order valence-corrected chi connectivity index (χ3v) is 2.42. The van der Waals surface area contributed by atoms with E-state index in [9.17, 15) is 0 Å². The van der Waals surface area contributed by atoms with Gasteiger partial charge in [0.1, 0.15) is 5.75 Å². The Morgan fingerprint density at radius 3 is 2.71 bits per heavy atom. The van der Waals surface area contributed by atoms with Gasteiger partial charge in [-0.1, -0.05) is 22.0 Å². The van der Waals surface area contributed by atoms with Crippen molar-refractivity contribution in [3.05, 3.63) is 29.3 Å². The van der Waals surface area contributed by atoms with Gasteiger partial charge in [-0.05, 0) is 36.6 Å². The zero-order chi connectivity index (χ0) is 10.4. The van der Waals surface area contributed by atoms with Crippen LogP contribution in [0, 0.1) is 6.92 Å². The van der Waals surface area contributed by atoms with Crippen molar-refractivity contribution in [1.82, 2.24) is 0 Å². The fourth-order valence-electron chi connectivity index (χ4n) is 1.27. The molecule has 0 aliphatic rings. The Kier molecular flexibility index (Phi) is 4.98. The summed E-state index contributed by atoms with van der Waals surface area (Å²) in [6.07, 6.45) is 1.05. The second kappa shape index (κ2) is 6.04. The van der Waals surface area contributed by atoms with Crippen LogP contribution in [0.25, 0.3) is 0 Å².